The molecular weight excluding hydrogens is 364 g/mol. The van der Waals surface area contributed by atoms with Gasteiger partial charge in [0.15, 0.2) is 0 Å². The molecule has 0 saturated heterocycles. The van der Waals surface area contributed by atoms with Gasteiger partial charge >= 0.3 is 0 Å². The minimum Gasteiger partial charge on any atom is -0.315 e. The molecule has 0 aliphatic carbocycles. The fourth-order valence-corrected chi connectivity index (χ4v) is 3.73. The van der Waals surface area contributed by atoms with Crippen molar-refractivity contribution in [2.24, 2.45) is 5.92 Å². The normalized spacial score (nSPS) is 11.7. The zero-order valence-corrected chi connectivity index (χ0v) is 14.6. The molecule has 17 heavy (non-hydrogen) atoms. The van der Waals surface area contributed by atoms with Crippen LogP contribution in [0.5, 0.6) is 0 Å². The number of halogens is 2. The van der Waals surface area contributed by atoms with E-state index in [1.807, 2.05) is 0 Å². The molecule has 0 bridgehead atoms. The molecule has 0 radical (unpaired) electrons. The summed E-state index contributed by atoms with van der Waals surface area (Å²) in [4.78, 5) is 3.73. The van der Waals surface area contributed by atoms with Gasteiger partial charge < -0.3 is 10.2 Å². The summed E-state index contributed by atoms with van der Waals surface area (Å²) in [5, 5.41) is 3.46. The number of hydrogen-bond acceptors (Lipinski definition) is 3. The third kappa shape index (κ3) is 6.34. The van der Waals surface area contributed by atoms with Crippen LogP contribution in [0.1, 0.15) is 18.7 Å². The maximum absolute atomic E-state index is 3.53. The lowest BCUT2D eigenvalue weighted by molar-refractivity contribution is 0.324. The summed E-state index contributed by atoms with van der Waals surface area (Å²) in [5.74, 6) is 0.726. The minimum absolute atomic E-state index is 0.726. The summed E-state index contributed by atoms with van der Waals surface area (Å²) >= 11 is 8.84. The number of rotatable bonds is 7. The highest BCUT2D eigenvalue weighted by Crippen LogP contribution is 2.32. The first-order chi connectivity index (χ1) is 7.99. The number of nitrogens with zero attached hydrogens (tertiary/aromatic N) is 1. The second-order valence-electron chi connectivity index (χ2n) is 4.67. The van der Waals surface area contributed by atoms with E-state index in [-0.39, 0.29) is 0 Å². The van der Waals surface area contributed by atoms with Crippen LogP contribution in [0.3, 0.4) is 0 Å². The van der Waals surface area contributed by atoms with Crippen molar-refractivity contribution in [3.8, 4) is 0 Å². The van der Waals surface area contributed by atoms with Gasteiger partial charge in [0.25, 0.3) is 0 Å². The van der Waals surface area contributed by atoms with E-state index in [1.54, 1.807) is 11.3 Å². The summed E-state index contributed by atoms with van der Waals surface area (Å²) in [5.41, 5.74) is 0. The molecule has 0 aromatic carbocycles. The van der Waals surface area contributed by atoms with Crippen LogP contribution in [0, 0.1) is 5.92 Å². The van der Waals surface area contributed by atoms with Gasteiger partial charge in [0, 0.05) is 29.0 Å². The number of nitrogens with one attached hydrogen (secondary N) is 1. The Hall–Kier alpha value is 0.580. The third-order valence-corrected chi connectivity index (χ3v) is 5.59. The molecule has 1 aromatic rings. The van der Waals surface area contributed by atoms with Crippen molar-refractivity contribution in [3.63, 3.8) is 0 Å². The monoisotopic (exact) mass is 382 g/mol. The van der Waals surface area contributed by atoms with Gasteiger partial charge in [0.2, 0.25) is 0 Å². The Morgan fingerprint density at radius 1 is 1.41 bits per heavy atom. The van der Waals surface area contributed by atoms with Crippen LogP contribution < -0.4 is 5.32 Å². The largest absolute Gasteiger partial charge is 0.315 e. The molecule has 0 atom stereocenters. The third-order valence-electron chi connectivity index (χ3n) is 2.34. The first-order valence-corrected chi connectivity index (χ1v) is 8.22. The Labute approximate surface area is 125 Å². The lowest BCUT2D eigenvalue weighted by Crippen LogP contribution is -2.30. The quantitative estimate of drug-likeness (QED) is 0.717. The van der Waals surface area contributed by atoms with E-state index in [2.05, 4.69) is 69.0 Å². The summed E-state index contributed by atoms with van der Waals surface area (Å²) in [6, 6.07) is 2.19. The summed E-state index contributed by atoms with van der Waals surface area (Å²) in [6.45, 7) is 8.72. The van der Waals surface area contributed by atoms with E-state index >= 15 is 0 Å². The Balaban J connectivity index is 2.22. The zero-order valence-electron chi connectivity index (χ0n) is 10.6. The highest BCUT2D eigenvalue weighted by Gasteiger charge is 2.06. The Morgan fingerprint density at radius 2 is 2.12 bits per heavy atom. The smallest absolute Gasteiger partial charge is 0.0843 e. The van der Waals surface area contributed by atoms with Gasteiger partial charge in [-0.25, -0.2) is 0 Å². The molecule has 0 unspecified atom stereocenters. The van der Waals surface area contributed by atoms with E-state index < -0.39 is 0 Å². The molecule has 1 heterocycles. The van der Waals surface area contributed by atoms with Gasteiger partial charge in [-0.15, -0.1) is 11.3 Å². The molecule has 5 heteroatoms. The molecule has 0 amide bonds. The molecule has 0 aliphatic rings. The predicted molar refractivity (Wildman–Crippen MR) is 83.8 cm³/mol. The highest BCUT2D eigenvalue weighted by atomic mass is 79.9. The van der Waals surface area contributed by atoms with E-state index in [9.17, 15) is 0 Å². The first-order valence-electron chi connectivity index (χ1n) is 5.82. The number of thiophene rings is 1. The zero-order chi connectivity index (χ0) is 12.8. The van der Waals surface area contributed by atoms with Crippen molar-refractivity contribution in [1.82, 2.24) is 10.2 Å². The van der Waals surface area contributed by atoms with Gasteiger partial charge in [-0.3, -0.25) is 0 Å². The minimum atomic E-state index is 0.726. The van der Waals surface area contributed by atoms with E-state index in [1.165, 1.54) is 8.66 Å². The average Bonchev–Trinajstić information content (AvgIpc) is 2.52. The second kappa shape index (κ2) is 7.89. The van der Waals surface area contributed by atoms with Crippen molar-refractivity contribution in [3.05, 3.63) is 19.2 Å². The molecule has 1 N–H and O–H groups in total. The predicted octanol–water partition coefficient (Wildman–Crippen LogP) is 3.95. The lowest BCUT2D eigenvalue weighted by Gasteiger charge is -2.16. The van der Waals surface area contributed by atoms with Gasteiger partial charge in [-0.05, 0) is 57.4 Å². The van der Waals surface area contributed by atoms with E-state index in [4.69, 9.17) is 0 Å². The van der Waals surface area contributed by atoms with Crippen LogP contribution in [0.4, 0.5) is 0 Å². The standard InChI is InChI=1S/C12H20Br2N2S/c1-9(2)7-15-4-5-16(3)8-10-6-11(13)12(14)17-10/h6,9,15H,4-5,7-8H2,1-3H3. The Morgan fingerprint density at radius 3 is 2.65 bits per heavy atom. The maximum atomic E-state index is 3.53. The molecule has 2 nitrogen and oxygen atoms in total. The Kier molecular flexibility index (Phi) is 7.26. The van der Waals surface area contributed by atoms with Crippen molar-refractivity contribution in [2.75, 3.05) is 26.7 Å². The molecule has 0 spiro atoms. The maximum Gasteiger partial charge on any atom is 0.0843 e. The van der Waals surface area contributed by atoms with Gasteiger partial charge in [0.05, 0.1) is 3.79 Å². The van der Waals surface area contributed by atoms with Crippen LogP contribution in [0.15, 0.2) is 14.3 Å². The van der Waals surface area contributed by atoms with E-state index in [0.29, 0.717) is 0 Å². The van der Waals surface area contributed by atoms with Gasteiger partial charge in [-0.1, -0.05) is 13.8 Å². The van der Waals surface area contributed by atoms with Gasteiger partial charge in [-0.2, -0.15) is 0 Å². The molecule has 1 aromatic heterocycles. The molecular formula is C12H20Br2N2S. The second-order valence-corrected chi connectivity index (χ2v) is 7.98. The fraction of sp³-hybridized carbons (Fsp3) is 0.667. The van der Waals surface area contributed by atoms with Crippen LogP contribution in [-0.2, 0) is 6.54 Å². The van der Waals surface area contributed by atoms with Crippen molar-refractivity contribution in [1.29, 1.82) is 0 Å². The summed E-state index contributed by atoms with van der Waals surface area (Å²) in [6.07, 6.45) is 0. The van der Waals surface area contributed by atoms with E-state index in [0.717, 1.165) is 36.6 Å². The molecule has 98 valence electrons. The number of hydrogen-bond donors (Lipinski definition) is 1. The Bertz CT molecular complexity index is 320. The van der Waals surface area contributed by atoms with Crippen LogP contribution in [0.25, 0.3) is 0 Å². The highest BCUT2D eigenvalue weighted by molar-refractivity contribution is 9.13. The topological polar surface area (TPSA) is 15.3 Å². The summed E-state index contributed by atoms with van der Waals surface area (Å²) in [7, 11) is 2.17. The van der Waals surface area contributed by atoms with Crippen molar-refractivity contribution in [2.45, 2.75) is 20.4 Å². The molecule has 1 rings (SSSR count). The van der Waals surface area contributed by atoms with Crippen LogP contribution in [0.2, 0.25) is 0 Å². The summed E-state index contributed by atoms with van der Waals surface area (Å²) < 4.78 is 2.34. The fourth-order valence-electron chi connectivity index (χ4n) is 1.48. The average molecular weight is 384 g/mol. The molecule has 0 fully saturated rings. The lowest BCUT2D eigenvalue weighted by atomic mass is 10.2. The van der Waals surface area contributed by atoms with Crippen LogP contribution >= 0.6 is 43.2 Å². The molecule has 0 aliphatic heterocycles. The van der Waals surface area contributed by atoms with Crippen molar-refractivity contribution >= 4 is 43.2 Å². The SMILES string of the molecule is CC(C)CNCCN(C)Cc1cc(Br)c(Br)s1. The van der Waals surface area contributed by atoms with Crippen molar-refractivity contribution < 1.29 is 0 Å². The first kappa shape index (κ1) is 15.6. The van der Waals surface area contributed by atoms with Gasteiger partial charge in [0.1, 0.15) is 0 Å². The molecule has 0 saturated carbocycles. The van der Waals surface area contributed by atoms with Crippen LogP contribution in [-0.4, -0.2) is 31.6 Å². The number of likely N-dealkylation sites (N-methyl/N-ethyl adjacent to an activating group) is 1.